The third-order valence-corrected chi connectivity index (χ3v) is 2.80. The maximum atomic E-state index is 13.2. The van der Waals surface area contributed by atoms with Gasteiger partial charge in [0.2, 0.25) is 5.88 Å². The molecule has 0 saturated heterocycles. The van der Waals surface area contributed by atoms with Gasteiger partial charge in [-0.05, 0) is 17.7 Å². The van der Waals surface area contributed by atoms with Crippen molar-refractivity contribution in [1.82, 2.24) is 15.2 Å². The quantitative estimate of drug-likeness (QED) is 0.647. The minimum absolute atomic E-state index is 0.474. The molecule has 0 fully saturated rings. The predicted molar refractivity (Wildman–Crippen MR) is 65.3 cm³/mol. The van der Waals surface area contributed by atoms with E-state index in [0.29, 0.717) is 17.1 Å². The van der Waals surface area contributed by atoms with E-state index in [1.54, 1.807) is 13.1 Å². The number of benzene rings is 1. The molecule has 1 unspecified atom stereocenters. The van der Waals surface area contributed by atoms with E-state index in [1.165, 1.54) is 17.9 Å². The average molecular weight is 268 g/mol. The van der Waals surface area contributed by atoms with E-state index in [4.69, 9.17) is 10.6 Å². The number of aryl methyl sites for hydroxylation is 1. The molecule has 0 aliphatic carbocycles. The second-order valence-corrected chi connectivity index (χ2v) is 4.01. The van der Waals surface area contributed by atoms with Crippen LogP contribution in [0, 0.1) is 11.6 Å². The van der Waals surface area contributed by atoms with E-state index in [2.05, 4.69) is 10.5 Å². The number of halogens is 2. The Hall–Kier alpha value is -1.99. The molecule has 1 atom stereocenters. The fourth-order valence-electron chi connectivity index (χ4n) is 1.85. The molecular formula is C12H14F2N4O. The van der Waals surface area contributed by atoms with Crippen LogP contribution in [0.4, 0.5) is 8.78 Å². The highest BCUT2D eigenvalue weighted by atomic mass is 19.2. The van der Waals surface area contributed by atoms with E-state index in [0.717, 1.165) is 12.1 Å². The number of nitrogens with one attached hydrogen (secondary N) is 1. The summed E-state index contributed by atoms with van der Waals surface area (Å²) in [5, 5.41) is 4.21. The molecule has 1 aromatic carbocycles. The third-order valence-electron chi connectivity index (χ3n) is 2.80. The fourth-order valence-corrected chi connectivity index (χ4v) is 1.85. The van der Waals surface area contributed by atoms with Crippen LogP contribution >= 0.6 is 0 Å². The van der Waals surface area contributed by atoms with Gasteiger partial charge in [0.25, 0.3) is 0 Å². The Balaban J connectivity index is 2.40. The Morgan fingerprint density at radius 1 is 1.32 bits per heavy atom. The molecule has 1 aromatic heterocycles. The van der Waals surface area contributed by atoms with Gasteiger partial charge in [-0.3, -0.25) is 5.84 Å². The van der Waals surface area contributed by atoms with E-state index < -0.39 is 17.7 Å². The van der Waals surface area contributed by atoms with Gasteiger partial charge in [-0.15, -0.1) is 0 Å². The Bertz CT molecular complexity index is 585. The first kappa shape index (κ1) is 13.4. The van der Waals surface area contributed by atoms with Crippen molar-refractivity contribution in [3.63, 3.8) is 0 Å². The van der Waals surface area contributed by atoms with Crippen molar-refractivity contribution in [2.75, 3.05) is 7.11 Å². The van der Waals surface area contributed by atoms with Gasteiger partial charge in [-0.25, -0.2) is 18.9 Å². The van der Waals surface area contributed by atoms with Crippen LogP contribution in [0.15, 0.2) is 24.3 Å². The fraction of sp³-hybridized carbons (Fsp3) is 0.250. The zero-order chi connectivity index (χ0) is 14.0. The average Bonchev–Trinajstić information content (AvgIpc) is 2.75. The second-order valence-electron chi connectivity index (χ2n) is 4.01. The lowest BCUT2D eigenvalue weighted by atomic mass is 10.0. The van der Waals surface area contributed by atoms with Gasteiger partial charge in [-0.1, -0.05) is 6.07 Å². The van der Waals surface area contributed by atoms with E-state index >= 15 is 0 Å². The summed E-state index contributed by atoms with van der Waals surface area (Å²) in [6, 6.07) is 4.71. The van der Waals surface area contributed by atoms with E-state index in [1.807, 2.05) is 0 Å². The van der Waals surface area contributed by atoms with Gasteiger partial charge in [0.05, 0.1) is 18.8 Å². The molecule has 7 heteroatoms. The number of nitrogens with zero attached hydrogens (tertiary/aromatic N) is 2. The smallest absolute Gasteiger partial charge is 0.211 e. The van der Waals surface area contributed by atoms with Crippen LogP contribution in [0.1, 0.15) is 17.3 Å². The lowest BCUT2D eigenvalue weighted by Gasteiger charge is -2.13. The zero-order valence-corrected chi connectivity index (χ0v) is 10.5. The van der Waals surface area contributed by atoms with Crippen molar-refractivity contribution in [1.29, 1.82) is 0 Å². The molecule has 0 aliphatic rings. The van der Waals surface area contributed by atoms with Crippen molar-refractivity contribution in [3.8, 4) is 5.88 Å². The lowest BCUT2D eigenvalue weighted by molar-refractivity contribution is 0.373. The van der Waals surface area contributed by atoms with Crippen molar-refractivity contribution < 1.29 is 13.5 Å². The molecule has 5 nitrogen and oxygen atoms in total. The van der Waals surface area contributed by atoms with Crippen molar-refractivity contribution in [3.05, 3.63) is 47.2 Å². The minimum Gasteiger partial charge on any atom is -0.481 e. The molecule has 0 aliphatic heterocycles. The van der Waals surface area contributed by atoms with Crippen LogP contribution in [-0.2, 0) is 7.05 Å². The Morgan fingerprint density at radius 2 is 2.05 bits per heavy atom. The molecule has 0 spiro atoms. The number of hydrazine groups is 1. The molecule has 102 valence electrons. The summed E-state index contributed by atoms with van der Waals surface area (Å²) in [5.74, 6) is 4.17. The second kappa shape index (κ2) is 5.33. The first-order valence-electron chi connectivity index (χ1n) is 5.55. The zero-order valence-electron chi connectivity index (χ0n) is 10.5. The maximum absolute atomic E-state index is 13.2. The van der Waals surface area contributed by atoms with Gasteiger partial charge in [0.15, 0.2) is 11.6 Å². The SMILES string of the molecule is COc1cc(C(NN)c2ccc(F)c(F)c2)nn1C. The van der Waals surface area contributed by atoms with Crippen molar-refractivity contribution in [2.45, 2.75) is 6.04 Å². The molecule has 0 radical (unpaired) electrons. The lowest BCUT2D eigenvalue weighted by Crippen LogP contribution is -2.29. The summed E-state index contributed by atoms with van der Waals surface area (Å²) < 4.78 is 32.8. The van der Waals surface area contributed by atoms with Gasteiger partial charge < -0.3 is 4.74 Å². The first-order valence-corrected chi connectivity index (χ1v) is 5.55. The highest BCUT2D eigenvalue weighted by molar-refractivity contribution is 5.30. The summed E-state index contributed by atoms with van der Waals surface area (Å²) >= 11 is 0. The number of hydrogen-bond donors (Lipinski definition) is 2. The number of aromatic nitrogens is 2. The van der Waals surface area contributed by atoms with Crippen LogP contribution < -0.4 is 16.0 Å². The molecule has 19 heavy (non-hydrogen) atoms. The number of methoxy groups -OCH3 is 1. The number of ether oxygens (including phenoxy) is 1. The number of hydrogen-bond acceptors (Lipinski definition) is 4. The van der Waals surface area contributed by atoms with E-state index in [-0.39, 0.29) is 0 Å². The van der Waals surface area contributed by atoms with Gasteiger partial charge in [0, 0.05) is 13.1 Å². The topological polar surface area (TPSA) is 65.1 Å². The molecule has 0 amide bonds. The van der Waals surface area contributed by atoms with Crippen LogP contribution in [0.25, 0.3) is 0 Å². The molecule has 3 N–H and O–H groups in total. The van der Waals surface area contributed by atoms with E-state index in [9.17, 15) is 8.78 Å². The van der Waals surface area contributed by atoms with Crippen LogP contribution in [0.3, 0.4) is 0 Å². The Kier molecular flexibility index (Phi) is 3.77. The molecular weight excluding hydrogens is 254 g/mol. The van der Waals surface area contributed by atoms with Gasteiger partial charge in [-0.2, -0.15) is 5.10 Å². The normalized spacial score (nSPS) is 12.5. The highest BCUT2D eigenvalue weighted by Gasteiger charge is 2.19. The summed E-state index contributed by atoms with van der Waals surface area (Å²) in [6.45, 7) is 0. The first-order chi connectivity index (χ1) is 9.06. The van der Waals surface area contributed by atoms with Crippen LogP contribution in [0.5, 0.6) is 5.88 Å². The molecule has 2 aromatic rings. The molecule has 0 saturated carbocycles. The number of rotatable bonds is 4. The minimum atomic E-state index is -0.930. The molecule has 1 heterocycles. The Morgan fingerprint density at radius 3 is 2.58 bits per heavy atom. The Labute approximate surface area is 108 Å². The molecule has 2 rings (SSSR count). The van der Waals surface area contributed by atoms with Crippen molar-refractivity contribution >= 4 is 0 Å². The highest BCUT2D eigenvalue weighted by Crippen LogP contribution is 2.24. The van der Waals surface area contributed by atoms with Gasteiger partial charge >= 0.3 is 0 Å². The summed E-state index contributed by atoms with van der Waals surface area (Å²) in [5.41, 5.74) is 3.55. The van der Waals surface area contributed by atoms with Crippen molar-refractivity contribution in [2.24, 2.45) is 12.9 Å². The third kappa shape index (κ3) is 2.56. The predicted octanol–water partition coefficient (Wildman–Crippen LogP) is 1.26. The monoisotopic (exact) mass is 268 g/mol. The maximum Gasteiger partial charge on any atom is 0.211 e. The standard InChI is InChI=1S/C12H14F2N4O/c1-18-11(19-2)6-10(17-18)12(16-15)7-3-4-8(13)9(14)5-7/h3-6,12,16H,15H2,1-2H3. The van der Waals surface area contributed by atoms with Gasteiger partial charge in [0.1, 0.15) is 0 Å². The summed E-state index contributed by atoms with van der Waals surface area (Å²) in [6.07, 6.45) is 0. The number of nitrogens with two attached hydrogens (primary N) is 1. The summed E-state index contributed by atoms with van der Waals surface area (Å²) in [4.78, 5) is 0. The molecule has 0 bridgehead atoms. The largest absolute Gasteiger partial charge is 0.481 e. The van der Waals surface area contributed by atoms with Crippen LogP contribution in [0.2, 0.25) is 0 Å². The summed E-state index contributed by atoms with van der Waals surface area (Å²) in [7, 11) is 3.23. The van der Waals surface area contributed by atoms with Crippen LogP contribution in [-0.4, -0.2) is 16.9 Å².